The second-order valence-corrected chi connectivity index (χ2v) is 6.65. The van der Waals surface area contributed by atoms with Gasteiger partial charge in [0.05, 0.1) is 4.47 Å². The minimum absolute atomic E-state index is 0.0232. The Hall–Kier alpha value is -2.87. The van der Waals surface area contributed by atoms with Gasteiger partial charge in [-0.2, -0.15) is 8.78 Å². The van der Waals surface area contributed by atoms with Gasteiger partial charge in [-0.1, -0.05) is 12.1 Å². The lowest BCUT2D eigenvalue weighted by Gasteiger charge is -2.10. The number of alkyl halides is 2. The maximum absolute atomic E-state index is 12.4. The first-order valence-electron chi connectivity index (χ1n) is 8.25. The molecule has 146 valence electrons. The molecule has 0 atom stereocenters. The quantitative estimate of drug-likeness (QED) is 0.494. The molecule has 0 aliphatic heterocycles. The molecule has 3 aromatic rings. The monoisotopic (exact) mass is 451 g/mol. The Labute approximate surface area is 168 Å². The molecule has 2 aromatic carbocycles. The minimum Gasteiger partial charge on any atom is -0.484 e. The van der Waals surface area contributed by atoms with Crippen molar-refractivity contribution in [3.63, 3.8) is 0 Å². The molecule has 0 spiro atoms. The van der Waals surface area contributed by atoms with Crippen molar-refractivity contribution in [2.45, 2.75) is 20.1 Å². The van der Waals surface area contributed by atoms with E-state index >= 15 is 0 Å². The molecule has 1 amide bonds. The summed E-state index contributed by atoms with van der Waals surface area (Å²) >= 11 is 3.39. The summed E-state index contributed by atoms with van der Waals surface area (Å²) in [6.45, 7) is -1.07. The Morgan fingerprint density at radius 1 is 1.18 bits per heavy atom. The van der Waals surface area contributed by atoms with Gasteiger partial charge in [-0.3, -0.25) is 4.79 Å². The molecule has 8 heteroatoms. The molecule has 0 aliphatic rings. The van der Waals surface area contributed by atoms with Gasteiger partial charge in [0.2, 0.25) is 0 Å². The molecular weight excluding hydrogens is 436 g/mol. The van der Waals surface area contributed by atoms with Crippen LogP contribution in [0.4, 0.5) is 14.5 Å². The fourth-order valence-electron chi connectivity index (χ4n) is 2.42. The van der Waals surface area contributed by atoms with Crippen molar-refractivity contribution in [2.75, 3.05) is 5.32 Å². The first-order valence-corrected chi connectivity index (χ1v) is 9.04. The fourth-order valence-corrected chi connectivity index (χ4v) is 2.82. The predicted octanol–water partition coefficient (Wildman–Crippen LogP) is 5.78. The first kappa shape index (κ1) is 19.9. The molecule has 0 radical (unpaired) electrons. The van der Waals surface area contributed by atoms with Crippen LogP contribution in [0, 0.1) is 6.92 Å². The zero-order chi connectivity index (χ0) is 20.1. The first-order chi connectivity index (χ1) is 13.4. The van der Waals surface area contributed by atoms with E-state index < -0.39 is 12.5 Å². The van der Waals surface area contributed by atoms with Gasteiger partial charge < -0.3 is 19.2 Å². The van der Waals surface area contributed by atoms with E-state index in [1.54, 1.807) is 13.0 Å². The summed E-state index contributed by atoms with van der Waals surface area (Å²) in [6.07, 6.45) is 0. The van der Waals surface area contributed by atoms with Gasteiger partial charge in [-0.25, -0.2) is 0 Å². The van der Waals surface area contributed by atoms with Gasteiger partial charge in [0.15, 0.2) is 5.76 Å². The Kier molecular flexibility index (Phi) is 6.30. The highest BCUT2D eigenvalue weighted by Gasteiger charge is 2.14. The van der Waals surface area contributed by atoms with Gasteiger partial charge in [0.25, 0.3) is 5.91 Å². The van der Waals surface area contributed by atoms with E-state index in [4.69, 9.17) is 9.15 Å². The standard InChI is InChI=1S/C20H16BrF2NO4/c1-12-10-13(28-20(22)23)6-8-16(12)24-19(25)18-9-7-14(27-18)11-26-17-5-3-2-4-15(17)21/h2-10,20H,11H2,1H3,(H,24,25). The van der Waals surface area contributed by atoms with Crippen molar-refractivity contribution < 1.29 is 27.5 Å². The molecule has 0 aliphatic carbocycles. The van der Waals surface area contributed by atoms with Crippen molar-refractivity contribution in [2.24, 2.45) is 0 Å². The number of halogens is 3. The average molecular weight is 452 g/mol. The van der Waals surface area contributed by atoms with Crippen molar-refractivity contribution in [3.05, 3.63) is 76.2 Å². The highest BCUT2D eigenvalue weighted by atomic mass is 79.9. The molecule has 5 nitrogen and oxygen atoms in total. The van der Waals surface area contributed by atoms with Gasteiger partial charge >= 0.3 is 6.61 Å². The highest BCUT2D eigenvalue weighted by Crippen LogP contribution is 2.26. The van der Waals surface area contributed by atoms with E-state index in [1.165, 1.54) is 24.3 Å². The number of para-hydroxylation sites is 1. The fraction of sp³-hybridized carbons (Fsp3) is 0.150. The van der Waals surface area contributed by atoms with Crippen LogP contribution in [0.3, 0.4) is 0 Å². The Balaban J connectivity index is 1.62. The number of carbonyl (C=O) groups excluding carboxylic acids is 1. The third-order valence-electron chi connectivity index (χ3n) is 3.76. The van der Waals surface area contributed by atoms with Crippen LogP contribution in [0.5, 0.6) is 11.5 Å². The number of hydrogen-bond acceptors (Lipinski definition) is 4. The molecule has 1 N–H and O–H groups in total. The van der Waals surface area contributed by atoms with E-state index in [0.717, 1.165) is 4.47 Å². The molecule has 0 fully saturated rings. The second-order valence-electron chi connectivity index (χ2n) is 5.79. The second kappa shape index (κ2) is 8.88. The summed E-state index contributed by atoms with van der Waals surface area (Å²) in [4.78, 5) is 12.4. The lowest BCUT2D eigenvalue weighted by Crippen LogP contribution is -2.12. The van der Waals surface area contributed by atoms with Crippen LogP contribution in [-0.2, 0) is 6.61 Å². The number of carbonyl (C=O) groups is 1. The lowest BCUT2D eigenvalue weighted by molar-refractivity contribution is -0.0498. The summed E-state index contributed by atoms with van der Waals surface area (Å²) < 4.78 is 40.8. The molecule has 0 unspecified atom stereocenters. The number of anilines is 1. The molecule has 0 saturated heterocycles. The number of aryl methyl sites for hydroxylation is 1. The van der Waals surface area contributed by atoms with Gasteiger partial charge in [0.1, 0.15) is 23.9 Å². The van der Waals surface area contributed by atoms with E-state index in [1.807, 2.05) is 24.3 Å². The number of ether oxygens (including phenoxy) is 2. The van der Waals surface area contributed by atoms with Gasteiger partial charge in [0, 0.05) is 5.69 Å². The normalized spacial score (nSPS) is 10.8. The third kappa shape index (κ3) is 5.10. The van der Waals surface area contributed by atoms with Crippen LogP contribution >= 0.6 is 15.9 Å². The number of amides is 1. The summed E-state index contributed by atoms with van der Waals surface area (Å²) in [5.41, 5.74) is 1.05. The van der Waals surface area contributed by atoms with Crippen LogP contribution in [0.1, 0.15) is 21.9 Å². The average Bonchev–Trinajstić information content (AvgIpc) is 3.12. The molecule has 0 saturated carbocycles. The maximum atomic E-state index is 12.4. The van der Waals surface area contributed by atoms with E-state index in [2.05, 4.69) is 26.0 Å². The molecular formula is C20H16BrF2NO4. The summed E-state index contributed by atoms with van der Waals surface area (Å²) in [5.74, 6) is 0.816. The van der Waals surface area contributed by atoms with Crippen molar-refractivity contribution in [1.29, 1.82) is 0 Å². The lowest BCUT2D eigenvalue weighted by atomic mass is 10.2. The van der Waals surface area contributed by atoms with Crippen molar-refractivity contribution >= 4 is 27.5 Å². The summed E-state index contributed by atoms with van der Waals surface area (Å²) in [5, 5.41) is 2.68. The van der Waals surface area contributed by atoms with Gasteiger partial charge in [-0.05, 0) is 70.9 Å². The maximum Gasteiger partial charge on any atom is 0.387 e. The third-order valence-corrected chi connectivity index (χ3v) is 4.42. The zero-order valence-electron chi connectivity index (χ0n) is 14.7. The van der Waals surface area contributed by atoms with Crippen LogP contribution in [0.2, 0.25) is 0 Å². The Bertz CT molecular complexity index is 974. The molecule has 3 rings (SSSR count). The molecule has 1 heterocycles. The highest BCUT2D eigenvalue weighted by molar-refractivity contribution is 9.10. The Morgan fingerprint density at radius 3 is 2.68 bits per heavy atom. The number of benzene rings is 2. The topological polar surface area (TPSA) is 60.7 Å². The largest absolute Gasteiger partial charge is 0.484 e. The van der Waals surface area contributed by atoms with Gasteiger partial charge in [-0.15, -0.1) is 0 Å². The number of furan rings is 1. The minimum atomic E-state index is -2.90. The molecule has 0 bridgehead atoms. The Morgan fingerprint density at radius 2 is 1.96 bits per heavy atom. The molecule has 28 heavy (non-hydrogen) atoms. The smallest absolute Gasteiger partial charge is 0.387 e. The van der Waals surface area contributed by atoms with E-state index in [-0.39, 0.29) is 18.1 Å². The van der Waals surface area contributed by atoms with Crippen molar-refractivity contribution in [3.8, 4) is 11.5 Å². The van der Waals surface area contributed by atoms with Crippen LogP contribution in [-0.4, -0.2) is 12.5 Å². The van der Waals surface area contributed by atoms with Crippen LogP contribution < -0.4 is 14.8 Å². The predicted molar refractivity (Wildman–Crippen MR) is 103 cm³/mol. The summed E-state index contributed by atoms with van der Waals surface area (Å²) in [7, 11) is 0. The SMILES string of the molecule is Cc1cc(OC(F)F)ccc1NC(=O)c1ccc(COc2ccccc2Br)o1. The number of rotatable bonds is 7. The number of hydrogen-bond donors (Lipinski definition) is 1. The number of nitrogens with one attached hydrogen (secondary N) is 1. The molecule has 1 aromatic heterocycles. The van der Waals surface area contributed by atoms with E-state index in [0.29, 0.717) is 22.8 Å². The van der Waals surface area contributed by atoms with Crippen molar-refractivity contribution in [1.82, 2.24) is 0 Å². The van der Waals surface area contributed by atoms with Crippen LogP contribution in [0.15, 0.2) is 63.5 Å². The summed E-state index contributed by atoms with van der Waals surface area (Å²) in [6, 6.07) is 14.8. The van der Waals surface area contributed by atoms with E-state index in [9.17, 15) is 13.6 Å². The zero-order valence-corrected chi connectivity index (χ0v) is 16.3. The van der Waals surface area contributed by atoms with Crippen LogP contribution in [0.25, 0.3) is 0 Å².